The molecule has 0 aromatic carbocycles. The fourth-order valence-corrected chi connectivity index (χ4v) is 7.51. The SMILES string of the molecule is Br.CC#N.CC(=O)O.CCOC(C)(OCC)OCC.COc1cccnc1OC.COc1ncc(Br)c(N)c1OC.COc1nccc(C(=O)O)c1OC.COc1nccc(C=O)c1OC.COc1nccc(N)c1OC.Cc1nc2c(Br)c[nH]c(=O)c2o1.Nc1c(Br)c[nH]c(=O)c1O.OO.[B]=NS. The van der Waals surface area contributed by atoms with Crippen LogP contribution in [-0.2, 0) is 19.0 Å². The third-order valence-electron chi connectivity index (χ3n) is 10.5. The summed E-state index contributed by atoms with van der Waals surface area (Å²) in [6.45, 7) is 13.5. The van der Waals surface area contributed by atoms with E-state index in [1.165, 1.54) is 88.5 Å². The second kappa shape index (κ2) is 60.9. The van der Waals surface area contributed by atoms with Crippen molar-refractivity contribution in [1.82, 2.24) is 39.9 Å². The van der Waals surface area contributed by atoms with Crippen LogP contribution in [0.15, 0.2) is 105 Å². The summed E-state index contributed by atoms with van der Waals surface area (Å²) in [5.41, 5.74) is 18.0. The Morgan fingerprint density at radius 3 is 1.47 bits per heavy atom. The molecule has 8 aromatic rings. The van der Waals surface area contributed by atoms with Gasteiger partial charge in [-0.1, -0.05) is 0 Å². The number of nitriles is 1. The summed E-state index contributed by atoms with van der Waals surface area (Å²) in [6, 6.07) is 9.91. The monoisotopic (exact) mass is 1740 g/mol. The number of aldehydes is 1. The molecule has 0 bridgehead atoms. The first-order chi connectivity index (χ1) is 49.0. The number of hydrogen-bond acceptors (Lipinski definition) is 34. The van der Waals surface area contributed by atoms with E-state index in [1.807, 2.05) is 20.8 Å². The van der Waals surface area contributed by atoms with Crippen LogP contribution in [-0.4, -0.2) is 188 Å². The molecule has 0 aliphatic heterocycles. The van der Waals surface area contributed by atoms with E-state index < -0.39 is 29.2 Å². The van der Waals surface area contributed by atoms with Crippen molar-refractivity contribution in [3.05, 3.63) is 125 Å². The number of aromatic amines is 2. The molecule has 0 saturated heterocycles. The zero-order valence-corrected chi connectivity index (χ0v) is 66.9. The van der Waals surface area contributed by atoms with Crippen LogP contribution in [0.25, 0.3) is 11.1 Å². The number of aromatic hydroxyl groups is 1. The first-order valence-electron chi connectivity index (χ1n) is 28.3. The average molecular weight is 1750 g/mol. The number of hydrogen-bond donors (Lipinski definition) is 11. The molecule has 0 aliphatic carbocycles. The maximum absolute atomic E-state index is 11.1. The molecule has 43 heteroatoms. The van der Waals surface area contributed by atoms with Gasteiger partial charge in [0.2, 0.25) is 22.8 Å². The Kier molecular flexibility index (Phi) is 60.3. The summed E-state index contributed by atoms with van der Waals surface area (Å²) in [5, 5.41) is 44.4. The number of aromatic carboxylic acids is 1. The summed E-state index contributed by atoms with van der Waals surface area (Å²) < 4.78 is 74.6. The third-order valence-corrected chi connectivity index (χ3v) is 12.4. The number of thiol groups is 1. The number of halogens is 4. The Hall–Kier alpha value is -9.65. The van der Waals surface area contributed by atoms with Gasteiger partial charge in [0.05, 0.1) is 113 Å². The van der Waals surface area contributed by atoms with E-state index in [9.17, 15) is 19.2 Å². The molecule has 0 fully saturated rings. The molecule has 0 unspecified atom stereocenters. The van der Waals surface area contributed by atoms with Gasteiger partial charge < -0.3 is 108 Å². The van der Waals surface area contributed by atoms with Crippen LogP contribution in [0, 0.1) is 18.3 Å². The van der Waals surface area contributed by atoms with Gasteiger partial charge in [0.1, 0.15) is 11.1 Å². The predicted molar refractivity (Wildman–Crippen MR) is 404 cm³/mol. The number of aryl methyl sites for hydroxylation is 1. The number of anilines is 3. The first-order valence-corrected chi connectivity index (χ1v) is 31.1. The Labute approximate surface area is 640 Å². The number of nitrogens with one attached hydrogen (secondary N) is 2. The Bertz CT molecular complexity index is 3880. The topological polar surface area (TPSA) is 543 Å². The zero-order chi connectivity index (χ0) is 79.8. The van der Waals surface area contributed by atoms with E-state index in [0.717, 1.165) is 11.4 Å². The van der Waals surface area contributed by atoms with E-state index in [1.54, 1.807) is 83.2 Å². The predicted octanol–water partition coefficient (Wildman–Crippen LogP) is 10.1. The Morgan fingerprint density at radius 1 is 0.663 bits per heavy atom. The van der Waals surface area contributed by atoms with Crippen molar-refractivity contribution in [2.75, 3.05) is 108 Å². The van der Waals surface area contributed by atoms with Gasteiger partial charge in [-0.2, -0.15) is 5.26 Å². The quantitative estimate of drug-likeness (QED) is 0.00949. The molecule has 1 radical (unpaired) electrons. The van der Waals surface area contributed by atoms with Gasteiger partial charge in [0, 0.05) is 90.9 Å². The minimum atomic E-state index is -1.07. The molecule has 0 aliphatic rings. The Balaban J connectivity index is -0.000000351. The van der Waals surface area contributed by atoms with E-state index in [4.69, 9.17) is 119 Å². The Morgan fingerprint density at radius 2 is 1.08 bits per heavy atom. The average Bonchev–Trinajstić information content (AvgIpc) is 1.65. The molecule has 13 N–H and O–H groups in total. The standard InChI is InChI=1S/C8H9NO4.C8H9NO3.C8H18O3.C7H5BrN2O2.C7H9BrN2O2.C7H10N2O2.C7H9NO2.C5H5BrN2O2.C2H3N.C2H4O2.BHNS.BrH.H2O2/c1-12-6-5(8(10)11)3-4-9-7(6)13-2;1-11-7-6(5-10)3-4-9-8(7)12-2;1-5-9-8(4,10-6-2)11-7-3;1-3-10-5-4(8)2-9-7(11)6(5)12-3;1-11-6-5(9)4(8)3-10-7(6)12-2;1-10-6-5(8)3-4-9-7(6)11-2;1-9-6-4-3-5-8-7(6)10-2;6-2-1-8-5(10)4(9)3(2)7;1-2-3;1-2(3)4;1-2-3;;1-2/h3-4H,1-2H3,(H,10,11);3-5H,1-2H3;5-7H2,1-4H3;2H,1H3,(H,9,11);3H,1-2H3,(H2,9,10);3-4H,1-2H3,(H2,8,9);3-5H,1-2H3;1,9H,(H3,7,8,10);1H3;1H3,(H,3,4);3H;1H;1-2H. The van der Waals surface area contributed by atoms with Gasteiger partial charge in [0.25, 0.3) is 52.5 Å². The van der Waals surface area contributed by atoms with Crippen molar-refractivity contribution in [1.29, 1.82) is 5.26 Å². The number of oxazole rings is 1. The van der Waals surface area contributed by atoms with Gasteiger partial charge in [-0.25, -0.2) is 34.7 Å². The third kappa shape index (κ3) is 39.1. The minimum absolute atomic E-state index is 0. The fourth-order valence-electron chi connectivity index (χ4n) is 6.54. The molecular formula is C61H85BBr4N13O24S. The van der Waals surface area contributed by atoms with E-state index in [-0.39, 0.29) is 51.0 Å². The van der Waals surface area contributed by atoms with E-state index >= 15 is 0 Å². The van der Waals surface area contributed by atoms with Crippen molar-refractivity contribution < 1.29 is 106 Å². The zero-order valence-electron chi connectivity index (χ0n) is 59.5. The van der Waals surface area contributed by atoms with Gasteiger partial charge in [-0.15, -0.1) is 17.0 Å². The number of H-pyrrole nitrogens is 2. The number of carbonyl (C=O) groups is 3. The summed E-state index contributed by atoms with van der Waals surface area (Å²) >= 11 is 12.7. The van der Waals surface area contributed by atoms with Gasteiger partial charge in [-0.05, 0) is 98.9 Å². The second-order valence-electron chi connectivity index (χ2n) is 17.1. The van der Waals surface area contributed by atoms with E-state index in [2.05, 4.69) is 112 Å². The van der Waals surface area contributed by atoms with Crippen LogP contribution in [0.1, 0.15) is 68.1 Å². The van der Waals surface area contributed by atoms with Crippen LogP contribution in [0.3, 0.4) is 0 Å². The number of carbonyl (C=O) groups excluding carboxylic acids is 1. The number of nitrogens with zero attached hydrogens (tertiary/aromatic N) is 8. The number of methoxy groups -OCH3 is 10. The molecule has 104 heavy (non-hydrogen) atoms. The molecule has 0 amide bonds. The second-order valence-corrected chi connectivity index (χ2v) is 19.9. The number of rotatable bonds is 18. The van der Waals surface area contributed by atoms with Crippen molar-refractivity contribution in [3.8, 4) is 70.0 Å². The van der Waals surface area contributed by atoms with Crippen molar-refractivity contribution in [2.45, 2.75) is 54.4 Å². The van der Waals surface area contributed by atoms with Crippen molar-refractivity contribution >= 4 is 132 Å². The summed E-state index contributed by atoms with van der Waals surface area (Å²) in [7, 11) is 19.3. The van der Waals surface area contributed by atoms with Crippen LogP contribution in [0.2, 0.25) is 0 Å². The number of fused-ring (bicyclic) bond motifs is 1. The van der Waals surface area contributed by atoms with Crippen LogP contribution >= 0.6 is 77.6 Å². The number of nitrogen functional groups attached to an aromatic ring is 3. The fraction of sp³-hybridized carbons (Fsp3) is 0.344. The van der Waals surface area contributed by atoms with Crippen LogP contribution in [0.4, 0.5) is 17.1 Å². The maximum atomic E-state index is 11.1. The molecule has 8 heterocycles. The van der Waals surface area contributed by atoms with E-state index in [0.29, 0.717) is 110 Å². The van der Waals surface area contributed by atoms with Crippen molar-refractivity contribution in [2.24, 2.45) is 4.30 Å². The number of aliphatic carboxylic acids is 1. The number of carboxylic acid groups (broad SMARTS) is 2. The first kappa shape index (κ1) is 103. The molecule has 8 rings (SSSR count). The molecule has 37 nitrogen and oxygen atoms in total. The molecular weight excluding hydrogens is 1660 g/mol. The summed E-state index contributed by atoms with van der Waals surface area (Å²) in [4.78, 5) is 80.2. The molecule has 0 atom stereocenters. The number of aromatic nitrogens is 8. The van der Waals surface area contributed by atoms with Crippen molar-refractivity contribution in [3.63, 3.8) is 0 Å². The van der Waals surface area contributed by atoms with Gasteiger partial charge in [-0.3, -0.25) is 29.7 Å². The van der Waals surface area contributed by atoms with Gasteiger partial charge in [0.15, 0.2) is 29.4 Å². The van der Waals surface area contributed by atoms with Gasteiger partial charge >= 0.3 is 30.7 Å². The number of carboxylic acids is 2. The van der Waals surface area contributed by atoms with Crippen LogP contribution < -0.4 is 75.7 Å². The summed E-state index contributed by atoms with van der Waals surface area (Å²) in [6.07, 6.45) is 11.2. The summed E-state index contributed by atoms with van der Waals surface area (Å²) in [5.74, 6) is 1.19. The normalized spacial score (nSPS) is 9.12. The number of ether oxygens (including phenoxy) is 13. The molecule has 0 saturated carbocycles. The van der Waals surface area contributed by atoms with Crippen LogP contribution in [0.5, 0.6) is 63.9 Å². The molecule has 0 spiro atoms. The number of nitrogens with two attached hydrogens (primary N) is 3. The number of pyridine rings is 7. The molecule has 575 valence electrons. The molecule has 8 aromatic heterocycles.